The predicted octanol–water partition coefficient (Wildman–Crippen LogP) is 3.58. The second kappa shape index (κ2) is 8.80. The van der Waals surface area contributed by atoms with E-state index in [1.54, 1.807) is 18.5 Å². The molecule has 1 amide bonds. The summed E-state index contributed by atoms with van der Waals surface area (Å²) in [6, 6.07) is 7.87. The summed E-state index contributed by atoms with van der Waals surface area (Å²) in [5, 5.41) is 6.20. The minimum absolute atomic E-state index is 0.104. The maximum absolute atomic E-state index is 12.2. The first kappa shape index (κ1) is 18.4. The van der Waals surface area contributed by atoms with Gasteiger partial charge in [-0.2, -0.15) is 0 Å². The lowest BCUT2D eigenvalue weighted by atomic mass is 10.2. The van der Waals surface area contributed by atoms with Crippen LogP contribution in [0.25, 0.3) is 0 Å². The number of hydrogen-bond donors (Lipinski definition) is 2. The van der Waals surface area contributed by atoms with Crippen LogP contribution in [0.15, 0.2) is 41.1 Å². The lowest BCUT2D eigenvalue weighted by Crippen LogP contribution is -2.27. The third-order valence-corrected chi connectivity index (χ3v) is 4.13. The molecule has 0 aliphatic rings. The Morgan fingerprint density at radius 1 is 1.25 bits per heavy atom. The number of rotatable bonds is 7. The van der Waals surface area contributed by atoms with Crippen LogP contribution >= 0.6 is 15.9 Å². The lowest BCUT2D eigenvalue weighted by molar-refractivity contribution is 0.0952. The summed E-state index contributed by atoms with van der Waals surface area (Å²) < 4.78 is 0.973. The Hall–Kier alpha value is -1.92. The molecule has 1 aromatic carbocycles. The standard InChI is InChI=1S/C18H23BrN4O/c1-13-5-6-17(16(19)9-13)22-15-10-14(11-20-12-15)18(24)21-7-4-8-23(2)3/h5-6,9-12,22H,4,7-8H2,1-3H3,(H,21,24). The first-order valence-corrected chi connectivity index (χ1v) is 8.66. The molecule has 1 heterocycles. The number of aromatic nitrogens is 1. The average Bonchev–Trinajstić information content (AvgIpc) is 2.54. The molecule has 0 aliphatic carbocycles. The number of nitrogens with zero attached hydrogens (tertiary/aromatic N) is 2. The van der Waals surface area contributed by atoms with Crippen LogP contribution in [0.3, 0.4) is 0 Å². The Labute approximate surface area is 151 Å². The normalized spacial score (nSPS) is 10.7. The number of carbonyl (C=O) groups is 1. The summed E-state index contributed by atoms with van der Waals surface area (Å²) in [4.78, 5) is 18.5. The fourth-order valence-corrected chi connectivity index (χ4v) is 2.80. The van der Waals surface area contributed by atoms with Gasteiger partial charge < -0.3 is 15.5 Å². The molecule has 0 radical (unpaired) electrons. The molecule has 2 aromatic rings. The van der Waals surface area contributed by atoms with Gasteiger partial charge in [0.1, 0.15) is 0 Å². The van der Waals surface area contributed by atoms with Gasteiger partial charge in [0.05, 0.1) is 23.1 Å². The summed E-state index contributed by atoms with van der Waals surface area (Å²) in [6.07, 6.45) is 4.20. The second-order valence-corrected chi connectivity index (χ2v) is 6.84. The van der Waals surface area contributed by atoms with Gasteiger partial charge in [-0.25, -0.2) is 0 Å². The molecule has 5 nitrogen and oxygen atoms in total. The van der Waals surface area contributed by atoms with Crippen LogP contribution in [0, 0.1) is 6.92 Å². The van der Waals surface area contributed by atoms with Crippen LogP contribution in [0.5, 0.6) is 0 Å². The smallest absolute Gasteiger partial charge is 0.252 e. The van der Waals surface area contributed by atoms with Crippen LogP contribution in [0.2, 0.25) is 0 Å². The number of halogens is 1. The highest BCUT2D eigenvalue weighted by atomic mass is 79.9. The van der Waals surface area contributed by atoms with E-state index in [0.717, 1.165) is 28.8 Å². The van der Waals surface area contributed by atoms with Gasteiger partial charge >= 0.3 is 0 Å². The van der Waals surface area contributed by atoms with E-state index in [9.17, 15) is 4.79 Å². The fourth-order valence-electron chi connectivity index (χ4n) is 2.21. The molecule has 6 heteroatoms. The zero-order valence-corrected chi connectivity index (χ0v) is 15.9. The molecule has 0 unspecified atom stereocenters. The fraction of sp³-hybridized carbons (Fsp3) is 0.333. The number of pyridine rings is 1. The van der Waals surface area contributed by atoms with Crippen molar-refractivity contribution in [3.8, 4) is 0 Å². The number of aryl methyl sites for hydroxylation is 1. The second-order valence-electron chi connectivity index (χ2n) is 5.98. The van der Waals surface area contributed by atoms with Crippen molar-refractivity contribution >= 4 is 33.2 Å². The number of anilines is 2. The van der Waals surface area contributed by atoms with Gasteiger partial charge in [-0.3, -0.25) is 9.78 Å². The van der Waals surface area contributed by atoms with Crippen LogP contribution in [-0.4, -0.2) is 43.0 Å². The Morgan fingerprint density at radius 2 is 2.04 bits per heavy atom. The van der Waals surface area contributed by atoms with Crippen LogP contribution in [0.1, 0.15) is 22.3 Å². The van der Waals surface area contributed by atoms with Gasteiger partial charge in [0.2, 0.25) is 0 Å². The quantitative estimate of drug-likeness (QED) is 0.709. The molecule has 1 aromatic heterocycles. The molecule has 0 aliphatic heterocycles. The predicted molar refractivity (Wildman–Crippen MR) is 102 cm³/mol. The lowest BCUT2D eigenvalue weighted by Gasteiger charge is -2.11. The number of benzene rings is 1. The van der Waals surface area contributed by atoms with Crippen LogP contribution in [-0.2, 0) is 0 Å². The summed E-state index contributed by atoms with van der Waals surface area (Å²) in [5.74, 6) is -0.104. The molecule has 24 heavy (non-hydrogen) atoms. The van der Waals surface area contributed by atoms with Gasteiger partial charge in [0.15, 0.2) is 0 Å². The molecule has 0 saturated heterocycles. The Bertz CT molecular complexity index is 703. The molecular weight excluding hydrogens is 368 g/mol. The minimum atomic E-state index is -0.104. The molecule has 0 fully saturated rings. The van der Waals surface area contributed by atoms with Crippen LogP contribution < -0.4 is 10.6 Å². The number of amides is 1. The largest absolute Gasteiger partial charge is 0.353 e. The molecule has 0 atom stereocenters. The van der Waals surface area contributed by atoms with Gasteiger partial charge in [0.25, 0.3) is 5.91 Å². The van der Waals surface area contributed by atoms with Crippen molar-refractivity contribution < 1.29 is 4.79 Å². The molecule has 0 spiro atoms. The van der Waals surface area contributed by atoms with Gasteiger partial charge in [0, 0.05) is 17.2 Å². The summed E-state index contributed by atoms with van der Waals surface area (Å²) in [6.45, 7) is 3.64. The molecule has 0 bridgehead atoms. The zero-order valence-electron chi connectivity index (χ0n) is 14.3. The molecule has 2 rings (SSSR count). The molecule has 2 N–H and O–H groups in total. The van der Waals surface area contributed by atoms with Gasteiger partial charge in [-0.1, -0.05) is 6.07 Å². The monoisotopic (exact) mass is 390 g/mol. The van der Waals surface area contributed by atoms with Crippen molar-refractivity contribution in [3.05, 3.63) is 52.3 Å². The highest BCUT2D eigenvalue weighted by Gasteiger charge is 2.08. The molecule has 128 valence electrons. The third-order valence-electron chi connectivity index (χ3n) is 3.47. The Kier molecular flexibility index (Phi) is 6.75. The van der Waals surface area contributed by atoms with Gasteiger partial charge in [-0.05, 0) is 73.7 Å². The van der Waals surface area contributed by atoms with E-state index in [1.165, 1.54) is 5.56 Å². The molecule has 0 saturated carbocycles. The van der Waals surface area contributed by atoms with E-state index in [1.807, 2.05) is 39.2 Å². The number of hydrogen-bond acceptors (Lipinski definition) is 4. The third kappa shape index (κ3) is 5.62. The van der Waals surface area contributed by atoms with Crippen molar-refractivity contribution in [3.63, 3.8) is 0 Å². The summed E-state index contributed by atoms with van der Waals surface area (Å²) >= 11 is 3.54. The van der Waals surface area contributed by atoms with Crippen molar-refractivity contribution in [1.82, 2.24) is 15.2 Å². The van der Waals surface area contributed by atoms with E-state index in [0.29, 0.717) is 12.1 Å². The highest BCUT2D eigenvalue weighted by Crippen LogP contribution is 2.26. The van der Waals surface area contributed by atoms with Crippen molar-refractivity contribution in [2.75, 3.05) is 32.5 Å². The maximum Gasteiger partial charge on any atom is 0.252 e. The Balaban J connectivity index is 1.99. The maximum atomic E-state index is 12.2. The Morgan fingerprint density at radius 3 is 2.75 bits per heavy atom. The zero-order chi connectivity index (χ0) is 17.5. The van der Waals surface area contributed by atoms with Crippen LogP contribution in [0.4, 0.5) is 11.4 Å². The summed E-state index contributed by atoms with van der Waals surface area (Å²) in [7, 11) is 4.04. The van der Waals surface area contributed by atoms with Crippen molar-refractivity contribution in [1.29, 1.82) is 0 Å². The van der Waals surface area contributed by atoms with E-state index in [-0.39, 0.29) is 5.91 Å². The summed E-state index contributed by atoms with van der Waals surface area (Å²) in [5.41, 5.74) is 3.44. The van der Waals surface area contributed by atoms with Gasteiger partial charge in [-0.15, -0.1) is 0 Å². The number of nitrogens with one attached hydrogen (secondary N) is 2. The van der Waals surface area contributed by atoms with E-state index >= 15 is 0 Å². The van der Waals surface area contributed by atoms with E-state index < -0.39 is 0 Å². The topological polar surface area (TPSA) is 57.3 Å². The van der Waals surface area contributed by atoms with E-state index in [2.05, 4.69) is 36.4 Å². The first-order chi connectivity index (χ1) is 11.5. The average molecular weight is 391 g/mol. The first-order valence-electron chi connectivity index (χ1n) is 7.87. The minimum Gasteiger partial charge on any atom is -0.353 e. The SMILES string of the molecule is Cc1ccc(Nc2cncc(C(=O)NCCCN(C)C)c2)c(Br)c1. The van der Waals surface area contributed by atoms with Crippen molar-refractivity contribution in [2.24, 2.45) is 0 Å². The van der Waals surface area contributed by atoms with E-state index in [4.69, 9.17) is 0 Å². The highest BCUT2D eigenvalue weighted by molar-refractivity contribution is 9.10. The number of carbonyl (C=O) groups excluding carboxylic acids is 1. The van der Waals surface area contributed by atoms with Crippen molar-refractivity contribution in [2.45, 2.75) is 13.3 Å². The molecular formula is C18H23BrN4O.